The minimum absolute atomic E-state index is 0.0744. The highest BCUT2D eigenvalue weighted by atomic mass is 32.2. The summed E-state index contributed by atoms with van der Waals surface area (Å²) in [4.78, 5) is 35.6. The molecule has 5 N–H and O–H groups in total. The molecule has 0 saturated carbocycles. The number of rotatable bonds is 9. The van der Waals surface area contributed by atoms with Crippen LogP contribution in [0.2, 0.25) is 0 Å². The van der Waals surface area contributed by atoms with Crippen LogP contribution in [-0.4, -0.2) is 46.4 Å². The molecule has 3 aromatic carbocycles. The van der Waals surface area contributed by atoms with Gasteiger partial charge in [0.05, 0.1) is 11.1 Å². The molecule has 0 fully saturated rings. The topological polar surface area (TPSA) is 130 Å². The maximum atomic E-state index is 12.5. The van der Waals surface area contributed by atoms with E-state index in [-0.39, 0.29) is 22.1 Å². The van der Waals surface area contributed by atoms with Crippen LogP contribution in [0.25, 0.3) is 10.8 Å². The van der Waals surface area contributed by atoms with Crippen LogP contribution in [0.3, 0.4) is 0 Å². The van der Waals surface area contributed by atoms with E-state index in [9.17, 15) is 24.6 Å². The number of nitrogens with two attached hydrogens (primary N) is 1. The Hall–Kier alpha value is -3.36. The van der Waals surface area contributed by atoms with E-state index in [1.165, 1.54) is 36.0 Å². The van der Waals surface area contributed by atoms with Gasteiger partial charge in [0.2, 0.25) is 0 Å². The molecule has 8 heteroatoms. The van der Waals surface area contributed by atoms with Crippen molar-refractivity contribution in [2.24, 2.45) is 5.73 Å². The van der Waals surface area contributed by atoms with Gasteiger partial charge in [-0.05, 0) is 34.5 Å². The largest absolute Gasteiger partial charge is 0.480 e. The number of amides is 1. The number of nitrogens with one attached hydrogen (secondary N) is 1. The quantitative estimate of drug-likeness (QED) is 0.404. The first-order chi connectivity index (χ1) is 14.9. The Morgan fingerprint density at radius 1 is 0.903 bits per heavy atom. The average molecular weight is 439 g/mol. The highest BCUT2D eigenvalue weighted by Crippen LogP contribution is 2.30. The number of hydrogen-bond acceptors (Lipinski definition) is 5. The zero-order chi connectivity index (χ0) is 22.4. The van der Waals surface area contributed by atoms with Gasteiger partial charge < -0.3 is 21.3 Å². The summed E-state index contributed by atoms with van der Waals surface area (Å²) >= 11 is 1.33. The fourth-order valence-electron chi connectivity index (χ4n) is 3.20. The van der Waals surface area contributed by atoms with Crippen molar-refractivity contribution in [3.63, 3.8) is 0 Å². The SMILES string of the molecule is NCC(SC[C@H](NC(=O)c1ccccc1C(=O)O)C(=O)O)c1ccc2ccccc2c1. The molecule has 3 aromatic rings. The van der Waals surface area contributed by atoms with Crippen LogP contribution in [0.1, 0.15) is 31.5 Å². The molecule has 160 valence electrons. The van der Waals surface area contributed by atoms with Crippen LogP contribution < -0.4 is 11.1 Å². The normalized spacial score (nSPS) is 12.8. The van der Waals surface area contributed by atoms with E-state index < -0.39 is 23.9 Å². The fraction of sp³-hybridized carbons (Fsp3) is 0.174. The second kappa shape index (κ2) is 10.1. The summed E-state index contributed by atoms with van der Waals surface area (Å²) < 4.78 is 0. The third-order valence-electron chi connectivity index (χ3n) is 4.83. The van der Waals surface area contributed by atoms with E-state index in [1.54, 1.807) is 0 Å². The molecule has 0 bridgehead atoms. The molecule has 0 aliphatic carbocycles. The zero-order valence-electron chi connectivity index (χ0n) is 16.5. The molecule has 1 unspecified atom stereocenters. The van der Waals surface area contributed by atoms with Crippen LogP contribution in [0, 0.1) is 0 Å². The van der Waals surface area contributed by atoms with Crippen LogP contribution in [0.4, 0.5) is 0 Å². The molecule has 0 spiro atoms. The van der Waals surface area contributed by atoms with Gasteiger partial charge in [-0.25, -0.2) is 9.59 Å². The molecular weight excluding hydrogens is 416 g/mol. The summed E-state index contributed by atoms with van der Waals surface area (Å²) in [5, 5.41) is 23.2. The van der Waals surface area contributed by atoms with E-state index >= 15 is 0 Å². The van der Waals surface area contributed by atoms with Crippen LogP contribution in [0.15, 0.2) is 66.7 Å². The highest BCUT2D eigenvalue weighted by Gasteiger charge is 2.25. The highest BCUT2D eigenvalue weighted by molar-refractivity contribution is 7.99. The van der Waals surface area contributed by atoms with Gasteiger partial charge in [-0.1, -0.05) is 48.5 Å². The number of carbonyl (C=O) groups excluding carboxylic acids is 1. The Kier molecular flexibility index (Phi) is 7.28. The van der Waals surface area contributed by atoms with Crippen molar-refractivity contribution < 1.29 is 24.6 Å². The summed E-state index contributed by atoms with van der Waals surface area (Å²) in [7, 11) is 0. The molecule has 0 aliphatic rings. The predicted molar refractivity (Wildman–Crippen MR) is 120 cm³/mol. The number of carbonyl (C=O) groups is 3. The Balaban J connectivity index is 1.72. The van der Waals surface area contributed by atoms with Crippen LogP contribution in [0.5, 0.6) is 0 Å². The summed E-state index contributed by atoms with van der Waals surface area (Å²) in [6.07, 6.45) is 0. The first-order valence-electron chi connectivity index (χ1n) is 9.57. The van der Waals surface area contributed by atoms with E-state index in [2.05, 4.69) is 5.32 Å². The third-order valence-corrected chi connectivity index (χ3v) is 6.22. The van der Waals surface area contributed by atoms with Crippen LogP contribution >= 0.6 is 11.8 Å². The maximum Gasteiger partial charge on any atom is 0.336 e. The average Bonchev–Trinajstić information content (AvgIpc) is 2.78. The lowest BCUT2D eigenvalue weighted by atomic mass is 10.1. The van der Waals surface area contributed by atoms with E-state index in [1.807, 2.05) is 42.5 Å². The van der Waals surface area contributed by atoms with Gasteiger partial charge in [0.15, 0.2) is 0 Å². The minimum Gasteiger partial charge on any atom is -0.480 e. The summed E-state index contributed by atoms with van der Waals surface area (Å²) in [5.41, 5.74) is 6.63. The van der Waals surface area contributed by atoms with Gasteiger partial charge in [0, 0.05) is 17.5 Å². The van der Waals surface area contributed by atoms with Crippen molar-refractivity contribution in [2.45, 2.75) is 11.3 Å². The molecule has 0 heterocycles. The van der Waals surface area contributed by atoms with Gasteiger partial charge in [-0.2, -0.15) is 0 Å². The van der Waals surface area contributed by atoms with E-state index in [0.29, 0.717) is 6.54 Å². The number of fused-ring (bicyclic) bond motifs is 1. The van der Waals surface area contributed by atoms with Gasteiger partial charge in [0.25, 0.3) is 5.91 Å². The zero-order valence-corrected chi connectivity index (χ0v) is 17.3. The Morgan fingerprint density at radius 3 is 2.19 bits per heavy atom. The lowest BCUT2D eigenvalue weighted by molar-refractivity contribution is -0.138. The second-order valence-electron chi connectivity index (χ2n) is 6.88. The molecule has 2 atom stereocenters. The van der Waals surface area contributed by atoms with E-state index in [4.69, 9.17) is 5.73 Å². The predicted octanol–water partition coefficient (Wildman–Crippen LogP) is 3.15. The number of benzene rings is 3. The number of aliphatic carboxylic acids is 1. The van der Waals surface area contributed by atoms with Crippen molar-refractivity contribution in [2.75, 3.05) is 12.3 Å². The number of thioether (sulfide) groups is 1. The minimum atomic E-state index is -1.26. The first-order valence-corrected chi connectivity index (χ1v) is 10.6. The maximum absolute atomic E-state index is 12.5. The smallest absolute Gasteiger partial charge is 0.336 e. The molecule has 0 aliphatic heterocycles. The Labute approximate surface area is 183 Å². The van der Waals surface area contributed by atoms with Gasteiger partial charge in [-0.15, -0.1) is 11.8 Å². The first kappa shape index (κ1) is 22.3. The van der Waals surface area contributed by atoms with Gasteiger partial charge in [-0.3, -0.25) is 4.79 Å². The molecule has 0 radical (unpaired) electrons. The van der Waals surface area contributed by atoms with Gasteiger partial charge >= 0.3 is 11.9 Å². The molecule has 1 amide bonds. The third kappa shape index (κ3) is 5.42. The molecule has 3 rings (SSSR count). The fourth-order valence-corrected chi connectivity index (χ4v) is 4.32. The Morgan fingerprint density at radius 2 is 1.55 bits per heavy atom. The lowest BCUT2D eigenvalue weighted by Crippen LogP contribution is -2.43. The standard InChI is InChI=1S/C23H22N2O5S/c24-12-20(16-10-9-14-5-1-2-6-15(14)11-16)31-13-19(23(29)30)25-21(26)17-7-3-4-8-18(17)22(27)28/h1-11,19-20H,12-13,24H2,(H,25,26)(H,27,28)(H,29,30)/t19-,20?/m0/s1. The summed E-state index contributed by atoms with van der Waals surface area (Å²) in [6, 6.07) is 18.4. The van der Waals surface area contributed by atoms with Gasteiger partial charge in [0.1, 0.15) is 6.04 Å². The lowest BCUT2D eigenvalue weighted by Gasteiger charge is -2.20. The molecular formula is C23H22N2O5S. The summed E-state index contributed by atoms with van der Waals surface area (Å²) in [5.74, 6) is -3.14. The van der Waals surface area contributed by atoms with Crippen molar-refractivity contribution in [1.82, 2.24) is 5.32 Å². The van der Waals surface area contributed by atoms with Crippen molar-refractivity contribution in [3.8, 4) is 0 Å². The van der Waals surface area contributed by atoms with Crippen molar-refractivity contribution in [1.29, 1.82) is 0 Å². The number of carboxylic acids is 2. The molecule has 0 saturated heterocycles. The monoisotopic (exact) mass is 438 g/mol. The number of aromatic carboxylic acids is 1. The van der Waals surface area contributed by atoms with Crippen molar-refractivity contribution >= 4 is 40.4 Å². The van der Waals surface area contributed by atoms with Crippen molar-refractivity contribution in [3.05, 3.63) is 83.4 Å². The number of hydrogen-bond donors (Lipinski definition) is 4. The second-order valence-corrected chi connectivity index (χ2v) is 8.11. The summed E-state index contributed by atoms with van der Waals surface area (Å²) in [6.45, 7) is 0.297. The molecule has 7 nitrogen and oxygen atoms in total. The Bertz CT molecular complexity index is 1120. The van der Waals surface area contributed by atoms with Crippen LogP contribution in [-0.2, 0) is 4.79 Å². The number of carboxylic acid groups (broad SMARTS) is 2. The molecule has 31 heavy (non-hydrogen) atoms. The van der Waals surface area contributed by atoms with E-state index in [0.717, 1.165) is 16.3 Å². The molecule has 0 aromatic heterocycles.